The van der Waals surface area contributed by atoms with Crippen molar-refractivity contribution in [2.75, 3.05) is 11.9 Å². The molecule has 2 aromatic rings. The van der Waals surface area contributed by atoms with Crippen LogP contribution in [0, 0.1) is 6.92 Å². The zero-order valence-corrected chi connectivity index (χ0v) is 9.51. The minimum atomic E-state index is 0.794. The molecule has 0 saturated heterocycles. The molecule has 1 N–H and O–H groups in total. The molecule has 0 saturated carbocycles. The zero-order chi connectivity index (χ0) is 11.4. The summed E-state index contributed by atoms with van der Waals surface area (Å²) in [5.41, 5.74) is 1.15. The normalized spacial score (nSPS) is 10.4. The summed E-state index contributed by atoms with van der Waals surface area (Å²) in [6.45, 7) is 2.83. The van der Waals surface area contributed by atoms with Crippen LogP contribution in [-0.2, 0) is 13.5 Å². The third-order valence-electron chi connectivity index (χ3n) is 2.30. The highest BCUT2D eigenvalue weighted by Crippen LogP contribution is 2.08. The third-order valence-corrected chi connectivity index (χ3v) is 2.30. The average molecular weight is 217 g/mol. The molecule has 5 nitrogen and oxygen atoms in total. The molecule has 0 aliphatic heterocycles. The van der Waals surface area contributed by atoms with Crippen LogP contribution in [0.15, 0.2) is 24.7 Å². The van der Waals surface area contributed by atoms with Gasteiger partial charge in [-0.1, -0.05) is 6.07 Å². The van der Waals surface area contributed by atoms with E-state index < -0.39 is 0 Å². The van der Waals surface area contributed by atoms with Gasteiger partial charge >= 0.3 is 0 Å². The Labute approximate surface area is 94.5 Å². The SMILES string of the molecule is Cc1cccnc1NCCc1ncn(C)n1. The van der Waals surface area contributed by atoms with E-state index in [1.54, 1.807) is 17.2 Å². The van der Waals surface area contributed by atoms with Gasteiger partial charge in [-0.25, -0.2) is 9.97 Å². The van der Waals surface area contributed by atoms with Crippen molar-refractivity contribution < 1.29 is 0 Å². The lowest BCUT2D eigenvalue weighted by molar-refractivity contribution is 0.741. The Morgan fingerprint density at radius 2 is 2.25 bits per heavy atom. The number of anilines is 1. The van der Waals surface area contributed by atoms with Crippen LogP contribution in [0.4, 0.5) is 5.82 Å². The summed E-state index contributed by atoms with van der Waals surface area (Å²) in [5, 5.41) is 7.48. The molecule has 0 aromatic carbocycles. The number of nitrogens with zero attached hydrogens (tertiary/aromatic N) is 4. The van der Waals surface area contributed by atoms with Crippen molar-refractivity contribution in [2.45, 2.75) is 13.3 Å². The van der Waals surface area contributed by atoms with Crippen LogP contribution >= 0.6 is 0 Å². The third kappa shape index (κ3) is 2.56. The summed E-state index contributed by atoms with van der Waals surface area (Å²) in [6.07, 6.45) is 4.30. The Morgan fingerprint density at radius 1 is 1.38 bits per heavy atom. The summed E-state index contributed by atoms with van der Waals surface area (Å²) in [4.78, 5) is 8.42. The lowest BCUT2D eigenvalue weighted by atomic mass is 10.3. The fourth-order valence-corrected chi connectivity index (χ4v) is 1.46. The summed E-state index contributed by atoms with van der Waals surface area (Å²) in [6, 6.07) is 3.97. The highest BCUT2D eigenvalue weighted by atomic mass is 15.3. The number of nitrogens with one attached hydrogen (secondary N) is 1. The van der Waals surface area contributed by atoms with Gasteiger partial charge < -0.3 is 5.32 Å². The number of aryl methyl sites for hydroxylation is 2. The topological polar surface area (TPSA) is 55.6 Å². The van der Waals surface area contributed by atoms with E-state index in [2.05, 4.69) is 20.4 Å². The fraction of sp³-hybridized carbons (Fsp3) is 0.364. The molecule has 0 bridgehead atoms. The van der Waals surface area contributed by atoms with Gasteiger partial charge in [0.15, 0.2) is 5.82 Å². The monoisotopic (exact) mass is 217 g/mol. The summed E-state index contributed by atoms with van der Waals surface area (Å²) in [5.74, 6) is 1.78. The molecule has 0 aliphatic rings. The molecule has 16 heavy (non-hydrogen) atoms. The molecule has 5 heteroatoms. The molecule has 2 aromatic heterocycles. The molecule has 2 heterocycles. The number of aromatic nitrogens is 4. The predicted octanol–water partition coefficient (Wildman–Crippen LogP) is 1.17. The van der Waals surface area contributed by atoms with E-state index in [1.807, 2.05) is 26.1 Å². The first kappa shape index (κ1) is 10.6. The van der Waals surface area contributed by atoms with Gasteiger partial charge in [0, 0.05) is 26.2 Å². The molecule has 0 amide bonds. The van der Waals surface area contributed by atoms with Crippen molar-refractivity contribution in [1.82, 2.24) is 19.7 Å². The molecule has 0 radical (unpaired) electrons. The van der Waals surface area contributed by atoms with Gasteiger partial charge in [0.25, 0.3) is 0 Å². The molecule has 0 fully saturated rings. The van der Waals surface area contributed by atoms with E-state index in [4.69, 9.17) is 0 Å². The lowest BCUT2D eigenvalue weighted by Gasteiger charge is -2.06. The van der Waals surface area contributed by atoms with Crippen molar-refractivity contribution in [2.24, 2.45) is 7.05 Å². The Bertz CT molecular complexity index is 463. The van der Waals surface area contributed by atoms with Gasteiger partial charge in [0.05, 0.1) is 0 Å². The number of hydrogen-bond donors (Lipinski definition) is 1. The molecule has 0 spiro atoms. The van der Waals surface area contributed by atoms with E-state index in [1.165, 1.54) is 0 Å². The number of hydrogen-bond acceptors (Lipinski definition) is 4. The molecule has 84 valence electrons. The minimum Gasteiger partial charge on any atom is -0.369 e. The van der Waals surface area contributed by atoms with Gasteiger partial charge in [-0.05, 0) is 18.6 Å². The average Bonchev–Trinajstić information content (AvgIpc) is 2.67. The van der Waals surface area contributed by atoms with Crippen LogP contribution < -0.4 is 5.32 Å². The van der Waals surface area contributed by atoms with Crippen LogP contribution in [-0.4, -0.2) is 26.3 Å². The Hall–Kier alpha value is -1.91. The summed E-state index contributed by atoms with van der Waals surface area (Å²) < 4.78 is 1.71. The van der Waals surface area contributed by atoms with Crippen molar-refractivity contribution >= 4 is 5.82 Å². The standard InChI is InChI=1S/C11H15N5/c1-9-4-3-6-12-11(9)13-7-5-10-14-8-16(2)15-10/h3-4,6,8H,5,7H2,1-2H3,(H,12,13). The van der Waals surface area contributed by atoms with Crippen LogP contribution in [0.3, 0.4) is 0 Å². The predicted molar refractivity (Wildman–Crippen MR) is 62.2 cm³/mol. The van der Waals surface area contributed by atoms with E-state index in [0.717, 1.165) is 30.2 Å². The van der Waals surface area contributed by atoms with Gasteiger partial charge in [-0.15, -0.1) is 0 Å². The van der Waals surface area contributed by atoms with Crippen molar-refractivity contribution in [3.05, 3.63) is 36.0 Å². The van der Waals surface area contributed by atoms with Crippen molar-refractivity contribution in [3.63, 3.8) is 0 Å². The molecule has 0 aliphatic carbocycles. The van der Waals surface area contributed by atoms with Crippen LogP contribution in [0.5, 0.6) is 0 Å². The second-order valence-corrected chi connectivity index (χ2v) is 3.68. The highest BCUT2D eigenvalue weighted by molar-refractivity contribution is 5.42. The lowest BCUT2D eigenvalue weighted by Crippen LogP contribution is -2.08. The highest BCUT2D eigenvalue weighted by Gasteiger charge is 2.00. The molecule has 0 atom stereocenters. The van der Waals surface area contributed by atoms with E-state index in [9.17, 15) is 0 Å². The maximum absolute atomic E-state index is 4.26. The maximum Gasteiger partial charge on any atom is 0.152 e. The quantitative estimate of drug-likeness (QED) is 0.835. The second kappa shape index (κ2) is 4.74. The van der Waals surface area contributed by atoms with Crippen molar-refractivity contribution in [3.8, 4) is 0 Å². The minimum absolute atomic E-state index is 0.794. The Kier molecular flexibility index (Phi) is 3.14. The van der Waals surface area contributed by atoms with Crippen LogP contribution in [0.1, 0.15) is 11.4 Å². The maximum atomic E-state index is 4.26. The van der Waals surface area contributed by atoms with E-state index in [-0.39, 0.29) is 0 Å². The largest absolute Gasteiger partial charge is 0.369 e. The first-order chi connectivity index (χ1) is 7.75. The molecule has 0 unspecified atom stereocenters. The molecular weight excluding hydrogens is 202 g/mol. The molecule has 2 rings (SSSR count). The van der Waals surface area contributed by atoms with E-state index >= 15 is 0 Å². The van der Waals surface area contributed by atoms with E-state index in [0.29, 0.717) is 0 Å². The fourth-order valence-electron chi connectivity index (χ4n) is 1.46. The second-order valence-electron chi connectivity index (χ2n) is 3.68. The van der Waals surface area contributed by atoms with Gasteiger partial charge in [-0.3, -0.25) is 4.68 Å². The van der Waals surface area contributed by atoms with Gasteiger partial charge in [0.2, 0.25) is 0 Å². The first-order valence-corrected chi connectivity index (χ1v) is 5.26. The van der Waals surface area contributed by atoms with Crippen LogP contribution in [0.2, 0.25) is 0 Å². The van der Waals surface area contributed by atoms with Gasteiger partial charge in [0.1, 0.15) is 12.1 Å². The summed E-state index contributed by atoms with van der Waals surface area (Å²) >= 11 is 0. The smallest absolute Gasteiger partial charge is 0.152 e. The Morgan fingerprint density at radius 3 is 2.94 bits per heavy atom. The number of pyridine rings is 1. The Balaban J connectivity index is 1.87. The summed E-state index contributed by atoms with van der Waals surface area (Å²) in [7, 11) is 1.87. The van der Waals surface area contributed by atoms with Crippen LogP contribution in [0.25, 0.3) is 0 Å². The van der Waals surface area contributed by atoms with Crippen molar-refractivity contribution in [1.29, 1.82) is 0 Å². The zero-order valence-electron chi connectivity index (χ0n) is 9.51. The first-order valence-electron chi connectivity index (χ1n) is 5.26. The van der Waals surface area contributed by atoms with Gasteiger partial charge in [-0.2, -0.15) is 5.10 Å². The number of rotatable bonds is 4. The molecular formula is C11H15N5.